The second-order valence-electron chi connectivity index (χ2n) is 4.65. The first-order valence-electron chi connectivity index (χ1n) is 5.98. The Morgan fingerprint density at radius 1 is 1.24 bits per heavy atom. The summed E-state index contributed by atoms with van der Waals surface area (Å²) in [6, 6.07) is -0.812. The first-order valence-corrected chi connectivity index (χ1v) is 5.98. The lowest BCUT2D eigenvalue weighted by molar-refractivity contribution is -0.143. The first kappa shape index (κ1) is 15.9. The molecule has 0 aliphatic carbocycles. The zero-order valence-corrected chi connectivity index (χ0v) is 11.0. The Morgan fingerprint density at radius 3 is 2.24 bits per heavy atom. The Kier molecular flexibility index (Phi) is 7.54. The SMILES string of the molecule is CC(C)OCCCC(=O)N[C@@H](C(=O)O)C(C)C. The van der Waals surface area contributed by atoms with E-state index in [-0.39, 0.29) is 17.9 Å². The lowest BCUT2D eigenvalue weighted by atomic mass is 10.0. The van der Waals surface area contributed by atoms with Gasteiger partial charge < -0.3 is 15.2 Å². The normalized spacial score (nSPS) is 12.8. The molecule has 0 bridgehead atoms. The third kappa shape index (κ3) is 7.74. The predicted octanol–water partition coefficient (Wildman–Crippen LogP) is 1.42. The monoisotopic (exact) mass is 245 g/mol. The van der Waals surface area contributed by atoms with E-state index in [0.717, 1.165) is 0 Å². The molecule has 0 aromatic heterocycles. The summed E-state index contributed by atoms with van der Waals surface area (Å²) >= 11 is 0. The summed E-state index contributed by atoms with van der Waals surface area (Å²) in [5, 5.41) is 11.4. The van der Waals surface area contributed by atoms with Crippen molar-refractivity contribution >= 4 is 11.9 Å². The van der Waals surface area contributed by atoms with Gasteiger partial charge in [-0.05, 0) is 26.2 Å². The molecular weight excluding hydrogens is 222 g/mol. The van der Waals surface area contributed by atoms with Crippen LogP contribution in [0.25, 0.3) is 0 Å². The van der Waals surface area contributed by atoms with E-state index < -0.39 is 12.0 Å². The van der Waals surface area contributed by atoms with Crippen LogP contribution in [0.2, 0.25) is 0 Å². The molecule has 0 aliphatic rings. The molecule has 17 heavy (non-hydrogen) atoms. The van der Waals surface area contributed by atoms with Crippen molar-refractivity contribution in [2.24, 2.45) is 5.92 Å². The maximum Gasteiger partial charge on any atom is 0.326 e. The van der Waals surface area contributed by atoms with Crippen LogP contribution in [0.3, 0.4) is 0 Å². The lowest BCUT2D eigenvalue weighted by Gasteiger charge is -2.17. The summed E-state index contributed by atoms with van der Waals surface area (Å²) < 4.78 is 5.30. The van der Waals surface area contributed by atoms with Crippen LogP contribution < -0.4 is 5.32 Å². The van der Waals surface area contributed by atoms with Gasteiger partial charge in [-0.15, -0.1) is 0 Å². The van der Waals surface area contributed by atoms with Gasteiger partial charge in [0.05, 0.1) is 6.10 Å². The average Bonchev–Trinajstić information content (AvgIpc) is 2.19. The minimum absolute atomic E-state index is 0.122. The van der Waals surface area contributed by atoms with Crippen LogP contribution in [0.1, 0.15) is 40.5 Å². The number of hydrogen-bond donors (Lipinski definition) is 2. The number of amides is 1. The second-order valence-corrected chi connectivity index (χ2v) is 4.65. The maximum atomic E-state index is 11.5. The van der Waals surface area contributed by atoms with Crippen molar-refractivity contribution in [1.82, 2.24) is 5.32 Å². The zero-order chi connectivity index (χ0) is 13.4. The predicted molar refractivity (Wildman–Crippen MR) is 64.7 cm³/mol. The fourth-order valence-corrected chi connectivity index (χ4v) is 1.31. The number of carbonyl (C=O) groups excluding carboxylic acids is 1. The molecule has 100 valence electrons. The molecule has 0 rings (SSSR count). The first-order chi connectivity index (χ1) is 7.84. The van der Waals surface area contributed by atoms with Crippen LogP contribution in [0, 0.1) is 5.92 Å². The van der Waals surface area contributed by atoms with Crippen LogP contribution in [-0.4, -0.2) is 35.7 Å². The Balaban J connectivity index is 3.87. The molecule has 1 atom stereocenters. The Hall–Kier alpha value is -1.10. The van der Waals surface area contributed by atoms with Crippen molar-refractivity contribution < 1.29 is 19.4 Å². The zero-order valence-electron chi connectivity index (χ0n) is 11.0. The topological polar surface area (TPSA) is 75.6 Å². The number of carboxylic acid groups (broad SMARTS) is 1. The van der Waals surface area contributed by atoms with E-state index in [4.69, 9.17) is 9.84 Å². The van der Waals surface area contributed by atoms with E-state index in [9.17, 15) is 9.59 Å². The number of rotatable bonds is 8. The third-order valence-electron chi connectivity index (χ3n) is 2.25. The molecule has 0 unspecified atom stereocenters. The van der Waals surface area contributed by atoms with Gasteiger partial charge in [-0.3, -0.25) is 4.79 Å². The van der Waals surface area contributed by atoms with E-state index in [2.05, 4.69) is 5.32 Å². The van der Waals surface area contributed by atoms with E-state index in [1.807, 2.05) is 13.8 Å². The average molecular weight is 245 g/mol. The van der Waals surface area contributed by atoms with Gasteiger partial charge in [-0.25, -0.2) is 4.79 Å². The Morgan fingerprint density at radius 2 is 1.82 bits per heavy atom. The number of aliphatic carboxylic acids is 1. The molecule has 2 N–H and O–H groups in total. The molecular formula is C12H23NO4. The van der Waals surface area contributed by atoms with Crippen molar-refractivity contribution in [2.45, 2.75) is 52.7 Å². The molecule has 5 nitrogen and oxygen atoms in total. The Labute approximate surface area is 103 Å². The maximum absolute atomic E-state index is 11.5. The van der Waals surface area contributed by atoms with Crippen molar-refractivity contribution in [3.8, 4) is 0 Å². The molecule has 0 aliphatic heterocycles. The third-order valence-corrected chi connectivity index (χ3v) is 2.25. The molecule has 0 aromatic rings. The van der Waals surface area contributed by atoms with Crippen LogP contribution in [0.5, 0.6) is 0 Å². The number of carbonyl (C=O) groups is 2. The number of hydrogen-bond acceptors (Lipinski definition) is 3. The summed E-state index contributed by atoms with van der Waals surface area (Å²) in [4.78, 5) is 22.3. The van der Waals surface area contributed by atoms with Gasteiger partial charge in [0.25, 0.3) is 0 Å². The largest absolute Gasteiger partial charge is 0.480 e. The molecule has 0 saturated heterocycles. The van der Waals surface area contributed by atoms with Crippen LogP contribution in [0.15, 0.2) is 0 Å². The highest BCUT2D eigenvalue weighted by molar-refractivity contribution is 5.83. The van der Waals surface area contributed by atoms with Gasteiger partial charge in [0.2, 0.25) is 5.91 Å². The number of ether oxygens (including phenoxy) is 1. The van der Waals surface area contributed by atoms with Crippen molar-refractivity contribution in [1.29, 1.82) is 0 Å². The molecule has 5 heteroatoms. The highest BCUT2D eigenvalue weighted by Crippen LogP contribution is 2.03. The molecule has 0 radical (unpaired) electrons. The van der Waals surface area contributed by atoms with Crippen LogP contribution in [-0.2, 0) is 14.3 Å². The standard InChI is InChI=1S/C12H23NO4/c1-8(2)11(12(15)16)13-10(14)6-5-7-17-9(3)4/h8-9,11H,5-7H2,1-4H3,(H,13,14)(H,15,16)/t11-/m1/s1. The molecule has 0 spiro atoms. The minimum atomic E-state index is -0.994. The molecule has 1 amide bonds. The molecule has 0 aromatic carbocycles. The van der Waals surface area contributed by atoms with Gasteiger partial charge in [-0.2, -0.15) is 0 Å². The Bertz CT molecular complexity index is 251. The molecule has 0 fully saturated rings. The summed E-state index contributed by atoms with van der Waals surface area (Å²) in [5.41, 5.74) is 0. The van der Waals surface area contributed by atoms with E-state index in [0.29, 0.717) is 19.4 Å². The van der Waals surface area contributed by atoms with Crippen molar-refractivity contribution in [3.63, 3.8) is 0 Å². The highest BCUT2D eigenvalue weighted by Gasteiger charge is 2.22. The smallest absolute Gasteiger partial charge is 0.326 e. The van der Waals surface area contributed by atoms with Gasteiger partial charge in [0.15, 0.2) is 0 Å². The van der Waals surface area contributed by atoms with Gasteiger partial charge in [0, 0.05) is 13.0 Å². The highest BCUT2D eigenvalue weighted by atomic mass is 16.5. The summed E-state index contributed by atoms with van der Waals surface area (Å²) in [6.45, 7) is 7.91. The fraction of sp³-hybridized carbons (Fsp3) is 0.833. The summed E-state index contributed by atoms with van der Waals surface area (Å²) in [7, 11) is 0. The van der Waals surface area contributed by atoms with Crippen molar-refractivity contribution in [3.05, 3.63) is 0 Å². The molecule has 0 heterocycles. The van der Waals surface area contributed by atoms with Gasteiger partial charge >= 0.3 is 5.97 Å². The number of carboxylic acids is 1. The quantitative estimate of drug-likeness (QED) is 0.634. The van der Waals surface area contributed by atoms with E-state index in [1.54, 1.807) is 13.8 Å². The second kappa shape index (κ2) is 8.06. The van der Waals surface area contributed by atoms with Crippen LogP contribution >= 0.6 is 0 Å². The summed E-state index contributed by atoms with van der Waals surface area (Å²) in [5.74, 6) is -1.35. The van der Waals surface area contributed by atoms with E-state index in [1.165, 1.54) is 0 Å². The van der Waals surface area contributed by atoms with Gasteiger partial charge in [-0.1, -0.05) is 13.8 Å². The lowest BCUT2D eigenvalue weighted by Crippen LogP contribution is -2.44. The fourth-order valence-electron chi connectivity index (χ4n) is 1.31. The minimum Gasteiger partial charge on any atom is -0.480 e. The number of nitrogens with one attached hydrogen (secondary N) is 1. The van der Waals surface area contributed by atoms with Crippen molar-refractivity contribution in [2.75, 3.05) is 6.61 Å². The van der Waals surface area contributed by atoms with E-state index >= 15 is 0 Å². The summed E-state index contributed by atoms with van der Waals surface area (Å²) in [6.07, 6.45) is 1.05. The van der Waals surface area contributed by atoms with Gasteiger partial charge in [0.1, 0.15) is 6.04 Å². The van der Waals surface area contributed by atoms with Crippen LogP contribution in [0.4, 0.5) is 0 Å². The molecule has 0 saturated carbocycles.